The van der Waals surface area contributed by atoms with Gasteiger partial charge in [0.15, 0.2) is 11.5 Å². The molecule has 23 heavy (non-hydrogen) atoms. The van der Waals surface area contributed by atoms with Crippen molar-refractivity contribution in [2.45, 2.75) is 6.92 Å². The summed E-state index contributed by atoms with van der Waals surface area (Å²) < 4.78 is 10.3. The third-order valence-corrected chi connectivity index (χ3v) is 3.23. The van der Waals surface area contributed by atoms with Crippen LogP contribution in [-0.2, 0) is 0 Å². The number of carbonyl (C=O) groups excluding carboxylic acids is 1. The Bertz CT molecular complexity index is 741. The molecular formula is C17H18N2O4. The van der Waals surface area contributed by atoms with E-state index in [1.165, 1.54) is 14.2 Å². The highest BCUT2D eigenvalue weighted by Crippen LogP contribution is 2.27. The zero-order valence-electron chi connectivity index (χ0n) is 13.2. The Morgan fingerprint density at radius 3 is 2.43 bits per heavy atom. The van der Waals surface area contributed by atoms with E-state index in [1.807, 2.05) is 0 Å². The summed E-state index contributed by atoms with van der Waals surface area (Å²) in [6.07, 6.45) is 0. The SMILES string of the molecule is COc1ccc(C(=O)N/N=C(\C)c2cccc(O)c2)cc1OC. The first-order valence-electron chi connectivity index (χ1n) is 6.91. The number of ether oxygens (including phenoxy) is 2. The van der Waals surface area contributed by atoms with E-state index < -0.39 is 0 Å². The van der Waals surface area contributed by atoms with Gasteiger partial charge in [-0.1, -0.05) is 12.1 Å². The molecule has 2 aromatic rings. The lowest BCUT2D eigenvalue weighted by atomic mass is 10.1. The van der Waals surface area contributed by atoms with Gasteiger partial charge in [-0.05, 0) is 37.3 Å². The fourth-order valence-electron chi connectivity index (χ4n) is 1.97. The van der Waals surface area contributed by atoms with Crippen LogP contribution in [0.5, 0.6) is 17.2 Å². The number of carbonyl (C=O) groups is 1. The summed E-state index contributed by atoms with van der Waals surface area (Å²) in [5.41, 5.74) is 4.17. The average Bonchev–Trinajstić information content (AvgIpc) is 2.58. The van der Waals surface area contributed by atoms with Crippen molar-refractivity contribution in [2.75, 3.05) is 14.2 Å². The highest BCUT2D eigenvalue weighted by molar-refractivity contribution is 6.01. The third kappa shape index (κ3) is 4.00. The number of nitrogens with zero attached hydrogens (tertiary/aromatic N) is 1. The predicted octanol–water partition coefficient (Wildman–Crippen LogP) is 2.56. The van der Waals surface area contributed by atoms with Crippen molar-refractivity contribution < 1.29 is 19.4 Å². The van der Waals surface area contributed by atoms with Crippen molar-refractivity contribution in [3.63, 3.8) is 0 Å². The van der Waals surface area contributed by atoms with Crippen LogP contribution in [0.15, 0.2) is 47.6 Å². The zero-order chi connectivity index (χ0) is 16.8. The molecule has 6 heteroatoms. The summed E-state index contributed by atoms with van der Waals surface area (Å²) >= 11 is 0. The van der Waals surface area contributed by atoms with Crippen LogP contribution >= 0.6 is 0 Å². The minimum Gasteiger partial charge on any atom is -0.508 e. The van der Waals surface area contributed by atoms with Crippen LogP contribution in [0.2, 0.25) is 0 Å². The van der Waals surface area contributed by atoms with Gasteiger partial charge in [-0.15, -0.1) is 0 Å². The van der Waals surface area contributed by atoms with Crippen molar-refractivity contribution in [3.05, 3.63) is 53.6 Å². The molecule has 0 bridgehead atoms. The van der Waals surface area contributed by atoms with Crippen molar-refractivity contribution in [2.24, 2.45) is 5.10 Å². The van der Waals surface area contributed by atoms with Crippen LogP contribution in [0.3, 0.4) is 0 Å². The first kappa shape index (κ1) is 16.4. The van der Waals surface area contributed by atoms with Crippen LogP contribution in [-0.4, -0.2) is 30.9 Å². The maximum Gasteiger partial charge on any atom is 0.271 e. The number of rotatable bonds is 5. The van der Waals surface area contributed by atoms with E-state index >= 15 is 0 Å². The van der Waals surface area contributed by atoms with Crippen LogP contribution in [0, 0.1) is 0 Å². The molecule has 1 amide bonds. The lowest BCUT2D eigenvalue weighted by molar-refractivity contribution is 0.0954. The molecule has 0 radical (unpaired) electrons. The number of aromatic hydroxyl groups is 1. The molecule has 0 aromatic heterocycles. The third-order valence-electron chi connectivity index (χ3n) is 3.23. The Morgan fingerprint density at radius 1 is 1.04 bits per heavy atom. The molecule has 0 heterocycles. The van der Waals surface area contributed by atoms with E-state index in [-0.39, 0.29) is 11.7 Å². The summed E-state index contributed by atoms with van der Waals surface area (Å²) in [5.74, 6) is 0.783. The topological polar surface area (TPSA) is 80.2 Å². The van der Waals surface area contributed by atoms with E-state index in [0.717, 1.165) is 5.56 Å². The van der Waals surface area contributed by atoms with Gasteiger partial charge in [0.05, 0.1) is 19.9 Å². The molecule has 0 unspecified atom stereocenters. The first-order chi connectivity index (χ1) is 11.0. The van der Waals surface area contributed by atoms with Gasteiger partial charge in [-0.2, -0.15) is 5.10 Å². The molecule has 0 atom stereocenters. The van der Waals surface area contributed by atoms with Crippen molar-refractivity contribution >= 4 is 11.6 Å². The van der Waals surface area contributed by atoms with Gasteiger partial charge in [0.1, 0.15) is 5.75 Å². The normalized spacial score (nSPS) is 11.0. The Morgan fingerprint density at radius 2 is 1.78 bits per heavy atom. The second-order valence-electron chi connectivity index (χ2n) is 4.76. The smallest absolute Gasteiger partial charge is 0.271 e. The molecule has 0 aliphatic carbocycles. The molecular weight excluding hydrogens is 296 g/mol. The molecule has 0 saturated carbocycles. The van der Waals surface area contributed by atoms with Crippen LogP contribution in [0.1, 0.15) is 22.8 Å². The molecule has 0 aliphatic rings. The molecule has 0 saturated heterocycles. The summed E-state index contributed by atoms with van der Waals surface area (Å²) in [5, 5.41) is 13.5. The summed E-state index contributed by atoms with van der Waals surface area (Å²) in [4.78, 5) is 12.2. The van der Waals surface area contributed by atoms with E-state index in [1.54, 1.807) is 49.4 Å². The van der Waals surface area contributed by atoms with Gasteiger partial charge >= 0.3 is 0 Å². The first-order valence-corrected chi connectivity index (χ1v) is 6.91. The van der Waals surface area contributed by atoms with Crippen LogP contribution < -0.4 is 14.9 Å². The van der Waals surface area contributed by atoms with E-state index in [9.17, 15) is 9.90 Å². The molecule has 0 spiro atoms. The molecule has 120 valence electrons. The molecule has 0 fully saturated rings. The lowest BCUT2D eigenvalue weighted by Crippen LogP contribution is -2.19. The second-order valence-corrected chi connectivity index (χ2v) is 4.76. The monoisotopic (exact) mass is 314 g/mol. The largest absolute Gasteiger partial charge is 0.508 e. The standard InChI is InChI=1S/C17H18N2O4/c1-11(12-5-4-6-14(20)9-12)18-19-17(21)13-7-8-15(22-2)16(10-13)23-3/h4-10,20H,1-3H3,(H,19,21)/b18-11+. The van der Waals surface area contributed by atoms with Gasteiger partial charge in [0, 0.05) is 11.1 Å². The average molecular weight is 314 g/mol. The van der Waals surface area contributed by atoms with Crippen molar-refractivity contribution in [1.82, 2.24) is 5.43 Å². The van der Waals surface area contributed by atoms with Crippen molar-refractivity contribution in [3.8, 4) is 17.2 Å². The maximum atomic E-state index is 12.2. The Balaban J connectivity index is 2.14. The minimum absolute atomic E-state index is 0.142. The number of phenolic OH excluding ortho intramolecular Hbond substituents is 1. The number of amides is 1. The number of phenols is 1. The van der Waals surface area contributed by atoms with E-state index in [0.29, 0.717) is 22.8 Å². The molecule has 2 rings (SSSR count). The van der Waals surface area contributed by atoms with Crippen LogP contribution in [0.25, 0.3) is 0 Å². The van der Waals surface area contributed by atoms with E-state index in [2.05, 4.69) is 10.5 Å². The summed E-state index contributed by atoms with van der Waals surface area (Å²) in [6, 6.07) is 11.5. The molecule has 0 aliphatic heterocycles. The minimum atomic E-state index is -0.370. The zero-order valence-corrected chi connectivity index (χ0v) is 13.2. The molecule has 2 aromatic carbocycles. The number of hydrogen-bond donors (Lipinski definition) is 2. The van der Waals surface area contributed by atoms with E-state index in [4.69, 9.17) is 9.47 Å². The van der Waals surface area contributed by atoms with Gasteiger partial charge in [-0.25, -0.2) is 5.43 Å². The number of nitrogens with one attached hydrogen (secondary N) is 1. The number of hydrogen-bond acceptors (Lipinski definition) is 5. The molecule has 6 nitrogen and oxygen atoms in total. The Kier molecular flexibility index (Phi) is 5.19. The lowest BCUT2D eigenvalue weighted by Gasteiger charge is -2.09. The fourth-order valence-corrected chi connectivity index (χ4v) is 1.97. The summed E-state index contributed by atoms with van der Waals surface area (Å²) in [6.45, 7) is 1.74. The quantitative estimate of drug-likeness (QED) is 0.656. The summed E-state index contributed by atoms with van der Waals surface area (Å²) in [7, 11) is 3.03. The highest BCUT2D eigenvalue weighted by atomic mass is 16.5. The highest BCUT2D eigenvalue weighted by Gasteiger charge is 2.10. The number of methoxy groups -OCH3 is 2. The van der Waals surface area contributed by atoms with Gasteiger partial charge < -0.3 is 14.6 Å². The second kappa shape index (κ2) is 7.31. The molecule has 2 N–H and O–H groups in total. The van der Waals surface area contributed by atoms with Crippen molar-refractivity contribution in [1.29, 1.82) is 0 Å². The maximum absolute atomic E-state index is 12.2. The van der Waals surface area contributed by atoms with Crippen LogP contribution in [0.4, 0.5) is 0 Å². The number of hydrazone groups is 1. The predicted molar refractivity (Wildman–Crippen MR) is 87.3 cm³/mol. The van der Waals surface area contributed by atoms with Gasteiger partial charge in [-0.3, -0.25) is 4.79 Å². The van der Waals surface area contributed by atoms with Gasteiger partial charge in [0.2, 0.25) is 0 Å². The fraction of sp³-hybridized carbons (Fsp3) is 0.176. The Labute approximate surface area is 134 Å². The Hall–Kier alpha value is -3.02. The number of benzene rings is 2. The van der Waals surface area contributed by atoms with Gasteiger partial charge in [0.25, 0.3) is 5.91 Å².